The molecule has 15 heavy (non-hydrogen) atoms. The highest BCUT2D eigenvalue weighted by Crippen LogP contribution is 2.36. The van der Waals surface area contributed by atoms with E-state index in [9.17, 15) is 4.79 Å². The molecule has 1 fully saturated rings. The fourth-order valence-corrected chi connectivity index (χ4v) is 2.74. The van der Waals surface area contributed by atoms with Gasteiger partial charge in [0.25, 0.3) is 0 Å². The lowest BCUT2D eigenvalue weighted by Gasteiger charge is -2.38. The average molecular weight is 207 g/mol. The van der Waals surface area contributed by atoms with Gasteiger partial charge >= 0.3 is 5.97 Å². The number of nitrogens with zero attached hydrogens (tertiary/aromatic N) is 1. The molecule has 2 bridgehead atoms. The van der Waals surface area contributed by atoms with Crippen LogP contribution < -0.4 is 5.32 Å². The van der Waals surface area contributed by atoms with Gasteiger partial charge in [-0.3, -0.25) is 9.89 Å². The Bertz CT molecular complexity index is 401. The second-order valence-electron chi connectivity index (χ2n) is 4.43. The quantitative estimate of drug-likeness (QED) is 0.625. The predicted molar refractivity (Wildman–Crippen MR) is 52.3 cm³/mol. The number of fused-ring (bicyclic) bond motifs is 4. The van der Waals surface area contributed by atoms with E-state index in [1.165, 1.54) is 5.69 Å². The number of aromatic nitrogens is 2. The van der Waals surface area contributed by atoms with Gasteiger partial charge in [0.05, 0.1) is 12.1 Å². The summed E-state index contributed by atoms with van der Waals surface area (Å²) in [4.78, 5) is 11.0. The van der Waals surface area contributed by atoms with Crippen LogP contribution in [0.2, 0.25) is 0 Å². The molecule has 3 rings (SSSR count). The lowest BCUT2D eigenvalue weighted by Crippen LogP contribution is -2.47. The van der Waals surface area contributed by atoms with Crippen molar-refractivity contribution in [3.8, 4) is 0 Å². The third-order valence-corrected chi connectivity index (χ3v) is 3.45. The highest BCUT2D eigenvalue weighted by molar-refractivity contribution is 5.70. The Morgan fingerprint density at radius 2 is 2.40 bits per heavy atom. The molecule has 5 heteroatoms. The molecule has 2 aliphatic rings. The van der Waals surface area contributed by atoms with E-state index >= 15 is 0 Å². The molecule has 1 saturated heterocycles. The Morgan fingerprint density at radius 3 is 3.20 bits per heavy atom. The van der Waals surface area contributed by atoms with Crippen molar-refractivity contribution < 1.29 is 9.90 Å². The minimum atomic E-state index is -0.668. The van der Waals surface area contributed by atoms with E-state index in [1.807, 2.05) is 6.20 Å². The second-order valence-corrected chi connectivity index (χ2v) is 4.43. The number of carbonyl (C=O) groups is 1. The molecule has 3 atom stereocenters. The number of hydrogen-bond donors (Lipinski definition) is 3. The maximum Gasteiger partial charge on any atom is 0.306 e. The summed E-state index contributed by atoms with van der Waals surface area (Å²) in [5.74, 6) is -0.872. The minimum Gasteiger partial charge on any atom is -0.481 e. The number of H-pyrrole nitrogens is 1. The van der Waals surface area contributed by atoms with Crippen LogP contribution in [0.1, 0.15) is 30.1 Å². The maximum atomic E-state index is 11.0. The minimum absolute atomic E-state index is 0.173. The summed E-state index contributed by atoms with van der Waals surface area (Å²) in [6.45, 7) is 0. The number of nitrogens with one attached hydrogen (secondary N) is 2. The molecule has 3 N–H and O–H groups in total. The SMILES string of the molecule is O=C(O)C1CC2Cc3[nH]ncc3C(C1)N2. The molecule has 0 saturated carbocycles. The van der Waals surface area contributed by atoms with Crippen molar-refractivity contribution in [2.75, 3.05) is 0 Å². The van der Waals surface area contributed by atoms with E-state index < -0.39 is 5.97 Å². The van der Waals surface area contributed by atoms with Crippen molar-refractivity contribution in [2.24, 2.45) is 5.92 Å². The van der Waals surface area contributed by atoms with Crippen LogP contribution in [0.3, 0.4) is 0 Å². The van der Waals surface area contributed by atoms with Gasteiger partial charge in [-0.25, -0.2) is 0 Å². The highest BCUT2D eigenvalue weighted by Gasteiger charge is 2.38. The first-order valence-electron chi connectivity index (χ1n) is 5.25. The van der Waals surface area contributed by atoms with Crippen LogP contribution in [0.15, 0.2) is 6.20 Å². The Balaban J connectivity index is 1.92. The fraction of sp³-hybridized carbons (Fsp3) is 0.600. The van der Waals surface area contributed by atoms with E-state index in [0.717, 1.165) is 18.4 Å². The topological polar surface area (TPSA) is 78.0 Å². The molecule has 0 spiro atoms. The van der Waals surface area contributed by atoms with Gasteiger partial charge < -0.3 is 10.4 Å². The second kappa shape index (κ2) is 3.06. The number of rotatable bonds is 1. The largest absolute Gasteiger partial charge is 0.481 e. The maximum absolute atomic E-state index is 11.0. The number of aromatic amines is 1. The van der Waals surface area contributed by atoms with E-state index in [4.69, 9.17) is 5.11 Å². The van der Waals surface area contributed by atoms with E-state index in [1.54, 1.807) is 0 Å². The molecule has 80 valence electrons. The van der Waals surface area contributed by atoms with Gasteiger partial charge in [0.15, 0.2) is 0 Å². The molecule has 2 aliphatic heterocycles. The first kappa shape index (κ1) is 8.91. The van der Waals surface area contributed by atoms with Crippen molar-refractivity contribution in [3.63, 3.8) is 0 Å². The zero-order chi connectivity index (χ0) is 10.4. The average Bonchev–Trinajstić information content (AvgIpc) is 2.65. The first-order valence-corrected chi connectivity index (χ1v) is 5.25. The summed E-state index contributed by atoms with van der Waals surface area (Å²) < 4.78 is 0. The van der Waals surface area contributed by atoms with Crippen LogP contribution in [-0.2, 0) is 11.2 Å². The summed E-state index contributed by atoms with van der Waals surface area (Å²) in [7, 11) is 0. The molecule has 0 radical (unpaired) electrons. The van der Waals surface area contributed by atoms with Crippen LogP contribution in [0.5, 0.6) is 0 Å². The first-order chi connectivity index (χ1) is 7.24. The van der Waals surface area contributed by atoms with Gasteiger partial charge in [-0.1, -0.05) is 0 Å². The van der Waals surface area contributed by atoms with Crippen LogP contribution in [0.4, 0.5) is 0 Å². The lowest BCUT2D eigenvalue weighted by atomic mass is 9.79. The standard InChI is InChI=1S/C10H13N3O2/c14-10(15)5-1-6-3-9-7(4-11-13-9)8(2-5)12-6/h4-6,8,12H,1-3H2,(H,11,13)(H,14,15). The van der Waals surface area contributed by atoms with Crippen molar-refractivity contribution >= 4 is 5.97 Å². The smallest absolute Gasteiger partial charge is 0.306 e. The molecule has 3 unspecified atom stereocenters. The van der Waals surface area contributed by atoms with Crippen LogP contribution in [-0.4, -0.2) is 27.3 Å². The molecular formula is C10H13N3O2. The summed E-state index contributed by atoms with van der Waals surface area (Å²) in [5, 5.41) is 19.5. The Kier molecular flexibility index (Phi) is 1.82. The van der Waals surface area contributed by atoms with E-state index in [-0.39, 0.29) is 18.0 Å². The number of hydrogen-bond acceptors (Lipinski definition) is 3. The van der Waals surface area contributed by atoms with E-state index in [2.05, 4.69) is 15.5 Å². The van der Waals surface area contributed by atoms with Gasteiger partial charge in [0.2, 0.25) is 0 Å². The van der Waals surface area contributed by atoms with Crippen LogP contribution >= 0.6 is 0 Å². The molecule has 1 aromatic heterocycles. The molecule has 1 aromatic rings. The lowest BCUT2D eigenvalue weighted by molar-refractivity contribution is -0.143. The van der Waals surface area contributed by atoms with Crippen LogP contribution in [0.25, 0.3) is 0 Å². The Labute approximate surface area is 86.9 Å². The number of piperidine rings is 1. The molecule has 0 aliphatic carbocycles. The predicted octanol–water partition coefficient (Wildman–Crippen LogP) is 0.460. The van der Waals surface area contributed by atoms with Crippen molar-refractivity contribution in [1.82, 2.24) is 15.5 Å². The third kappa shape index (κ3) is 1.34. The van der Waals surface area contributed by atoms with Gasteiger partial charge in [-0.15, -0.1) is 0 Å². The van der Waals surface area contributed by atoms with Gasteiger partial charge in [-0.2, -0.15) is 5.10 Å². The Hall–Kier alpha value is -1.36. The molecule has 0 amide bonds. The van der Waals surface area contributed by atoms with Gasteiger partial charge in [-0.05, 0) is 12.8 Å². The van der Waals surface area contributed by atoms with Crippen molar-refractivity contribution in [3.05, 3.63) is 17.5 Å². The monoisotopic (exact) mass is 207 g/mol. The number of carboxylic acid groups (broad SMARTS) is 1. The molecule has 3 heterocycles. The zero-order valence-electron chi connectivity index (χ0n) is 8.23. The zero-order valence-corrected chi connectivity index (χ0v) is 8.23. The molecular weight excluding hydrogens is 194 g/mol. The number of carboxylic acids is 1. The fourth-order valence-electron chi connectivity index (χ4n) is 2.74. The summed E-state index contributed by atoms with van der Waals surface area (Å²) >= 11 is 0. The normalized spacial score (nSPS) is 33.5. The number of aliphatic carboxylic acids is 1. The molecule has 5 nitrogen and oxygen atoms in total. The highest BCUT2D eigenvalue weighted by atomic mass is 16.4. The summed E-state index contributed by atoms with van der Waals surface area (Å²) in [6.07, 6.45) is 4.09. The van der Waals surface area contributed by atoms with Crippen molar-refractivity contribution in [1.29, 1.82) is 0 Å². The van der Waals surface area contributed by atoms with Gasteiger partial charge in [0.1, 0.15) is 0 Å². The van der Waals surface area contributed by atoms with Crippen molar-refractivity contribution in [2.45, 2.75) is 31.3 Å². The third-order valence-electron chi connectivity index (χ3n) is 3.45. The summed E-state index contributed by atoms with van der Waals surface area (Å²) in [6, 6.07) is 0.463. The van der Waals surface area contributed by atoms with Gasteiger partial charge in [0, 0.05) is 29.8 Å². The summed E-state index contributed by atoms with van der Waals surface area (Å²) in [5.41, 5.74) is 2.32. The van der Waals surface area contributed by atoms with E-state index in [0.29, 0.717) is 6.42 Å². The van der Waals surface area contributed by atoms with Crippen LogP contribution in [0, 0.1) is 5.92 Å². The molecule has 0 aromatic carbocycles. The Morgan fingerprint density at radius 1 is 1.53 bits per heavy atom.